The quantitative estimate of drug-likeness (QED) is 0.406. The second kappa shape index (κ2) is 9.48. The van der Waals surface area contributed by atoms with Gasteiger partial charge in [-0.2, -0.15) is 0 Å². The first-order valence-electron chi connectivity index (χ1n) is 9.91. The van der Waals surface area contributed by atoms with Crippen LogP contribution in [0.3, 0.4) is 0 Å². The third-order valence-corrected chi connectivity index (χ3v) is 8.36. The predicted molar refractivity (Wildman–Crippen MR) is 130 cm³/mol. The van der Waals surface area contributed by atoms with Crippen LogP contribution in [0.1, 0.15) is 12.0 Å². The molecule has 3 aromatic rings. The van der Waals surface area contributed by atoms with E-state index in [0.29, 0.717) is 34.1 Å². The van der Waals surface area contributed by atoms with E-state index in [0.717, 1.165) is 16.3 Å². The highest BCUT2D eigenvalue weighted by Crippen LogP contribution is 2.32. The Balaban J connectivity index is 1.50. The molecule has 1 saturated heterocycles. The molecule has 0 saturated carbocycles. The van der Waals surface area contributed by atoms with Gasteiger partial charge in [0.25, 0.3) is 0 Å². The number of ether oxygens (including phenoxy) is 1. The SMILES string of the molecule is NC(=O)Oc1c(C[C@@H]2C[C@@H](NS(=O)(=O)c3cc(Br)ccc3Br)CN2)ccc2ccccc12. The number of benzene rings is 3. The van der Waals surface area contributed by atoms with Crippen LogP contribution >= 0.6 is 31.9 Å². The fourth-order valence-corrected chi connectivity index (χ4v) is 6.72. The molecule has 2 atom stereocenters. The minimum absolute atomic E-state index is 0.00467. The molecule has 4 N–H and O–H groups in total. The minimum Gasteiger partial charge on any atom is -0.410 e. The number of nitrogens with one attached hydrogen (secondary N) is 2. The maximum absolute atomic E-state index is 12.9. The standard InChI is InChI=1S/C22H21Br2N3O4S/c23-15-7-8-19(24)20(10-15)32(29,30)27-17-11-16(26-12-17)9-14-6-5-13-3-1-2-4-18(13)21(14)31-22(25)28/h1-8,10,16-17,26-27H,9,11-12H2,(H2,25,28)/t16-,17-/m1/s1. The van der Waals surface area contributed by atoms with Crippen molar-refractivity contribution >= 4 is 58.7 Å². The smallest absolute Gasteiger partial charge is 0.409 e. The predicted octanol–water partition coefficient (Wildman–Crippen LogP) is 4.07. The number of carbonyl (C=O) groups excluding carboxylic acids is 1. The zero-order valence-corrected chi connectivity index (χ0v) is 20.8. The van der Waals surface area contributed by atoms with Gasteiger partial charge in [-0.25, -0.2) is 17.9 Å². The summed E-state index contributed by atoms with van der Waals surface area (Å²) in [5, 5.41) is 5.11. The molecular weight excluding hydrogens is 562 g/mol. The van der Waals surface area contributed by atoms with Crippen molar-refractivity contribution in [2.75, 3.05) is 6.54 Å². The van der Waals surface area contributed by atoms with Crippen molar-refractivity contribution in [3.8, 4) is 5.75 Å². The van der Waals surface area contributed by atoms with Crippen molar-refractivity contribution in [2.45, 2.75) is 29.8 Å². The number of sulfonamides is 1. The molecule has 1 fully saturated rings. The van der Waals surface area contributed by atoms with Gasteiger partial charge in [-0.15, -0.1) is 0 Å². The molecule has 1 aliphatic heterocycles. The molecule has 0 unspecified atom stereocenters. The molecule has 4 rings (SSSR count). The number of fused-ring (bicyclic) bond motifs is 1. The van der Waals surface area contributed by atoms with Crippen molar-refractivity contribution in [3.63, 3.8) is 0 Å². The summed E-state index contributed by atoms with van der Waals surface area (Å²) in [6.45, 7) is 0.495. The summed E-state index contributed by atoms with van der Waals surface area (Å²) >= 11 is 6.63. The molecule has 0 radical (unpaired) electrons. The number of primary amides is 1. The number of hydrogen-bond donors (Lipinski definition) is 3. The molecule has 32 heavy (non-hydrogen) atoms. The van der Waals surface area contributed by atoms with Gasteiger partial charge in [0.1, 0.15) is 5.75 Å². The molecular formula is C22H21Br2N3O4S. The van der Waals surface area contributed by atoms with Gasteiger partial charge in [-0.3, -0.25) is 0 Å². The molecule has 7 nitrogen and oxygen atoms in total. The van der Waals surface area contributed by atoms with Crippen LogP contribution in [-0.2, 0) is 16.4 Å². The van der Waals surface area contributed by atoms with Crippen LogP contribution in [0.4, 0.5) is 4.79 Å². The highest BCUT2D eigenvalue weighted by Gasteiger charge is 2.30. The summed E-state index contributed by atoms with van der Waals surface area (Å²) in [5.74, 6) is 0.444. The Hall–Kier alpha value is -1.98. The van der Waals surface area contributed by atoms with E-state index < -0.39 is 16.1 Å². The van der Waals surface area contributed by atoms with E-state index in [2.05, 4.69) is 41.9 Å². The second-order valence-corrected chi connectivity index (χ2v) is 11.1. The van der Waals surface area contributed by atoms with Crippen LogP contribution in [-0.4, -0.2) is 33.1 Å². The number of halogens is 2. The van der Waals surface area contributed by atoms with E-state index in [-0.39, 0.29) is 17.0 Å². The Bertz CT molecular complexity index is 1280. The molecule has 1 amide bonds. The summed E-state index contributed by atoms with van der Waals surface area (Å²) < 4.78 is 35.1. The highest BCUT2D eigenvalue weighted by molar-refractivity contribution is 9.11. The van der Waals surface area contributed by atoms with E-state index in [1.807, 2.05) is 36.4 Å². The van der Waals surface area contributed by atoms with Crippen molar-refractivity contribution in [3.05, 3.63) is 69.1 Å². The summed E-state index contributed by atoms with van der Waals surface area (Å²) in [7, 11) is -3.70. The fourth-order valence-electron chi connectivity index (χ4n) is 3.97. The molecule has 0 bridgehead atoms. The third kappa shape index (κ3) is 5.15. The number of amides is 1. The Kier molecular flexibility index (Phi) is 6.87. The Morgan fingerprint density at radius 1 is 1.16 bits per heavy atom. The first-order valence-corrected chi connectivity index (χ1v) is 13.0. The van der Waals surface area contributed by atoms with Crippen molar-refractivity contribution in [2.24, 2.45) is 5.73 Å². The highest BCUT2D eigenvalue weighted by atomic mass is 79.9. The zero-order valence-electron chi connectivity index (χ0n) is 16.8. The average Bonchev–Trinajstić information content (AvgIpc) is 3.17. The van der Waals surface area contributed by atoms with Crippen LogP contribution in [0.2, 0.25) is 0 Å². The van der Waals surface area contributed by atoms with Gasteiger partial charge < -0.3 is 15.8 Å². The van der Waals surface area contributed by atoms with Crippen LogP contribution in [0.25, 0.3) is 10.8 Å². The van der Waals surface area contributed by atoms with Crippen LogP contribution in [0.15, 0.2) is 68.4 Å². The van der Waals surface area contributed by atoms with E-state index in [4.69, 9.17) is 10.5 Å². The maximum atomic E-state index is 12.9. The fraction of sp³-hybridized carbons (Fsp3) is 0.227. The summed E-state index contributed by atoms with van der Waals surface area (Å²) in [4.78, 5) is 11.7. The minimum atomic E-state index is -3.70. The van der Waals surface area contributed by atoms with E-state index in [1.54, 1.807) is 18.2 Å². The van der Waals surface area contributed by atoms with Crippen LogP contribution < -0.4 is 20.5 Å². The number of nitrogens with two attached hydrogens (primary N) is 1. The van der Waals surface area contributed by atoms with E-state index in [1.165, 1.54) is 0 Å². The third-order valence-electron chi connectivity index (χ3n) is 5.36. The van der Waals surface area contributed by atoms with Gasteiger partial charge >= 0.3 is 6.09 Å². The van der Waals surface area contributed by atoms with Crippen molar-refractivity contribution in [1.82, 2.24) is 10.0 Å². The summed E-state index contributed by atoms with van der Waals surface area (Å²) in [6, 6.07) is 16.2. The summed E-state index contributed by atoms with van der Waals surface area (Å²) in [6.07, 6.45) is 0.284. The monoisotopic (exact) mass is 581 g/mol. The van der Waals surface area contributed by atoms with Gasteiger partial charge in [-0.1, -0.05) is 52.3 Å². The Morgan fingerprint density at radius 3 is 2.72 bits per heavy atom. The first kappa shape index (κ1) is 23.2. The molecule has 1 heterocycles. The largest absolute Gasteiger partial charge is 0.410 e. The topological polar surface area (TPSA) is 111 Å². The van der Waals surface area contributed by atoms with Crippen molar-refractivity contribution in [1.29, 1.82) is 0 Å². The van der Waals surface area contributed by atoms with Gasteiger partial charge in [0.05, 0.1) is 4.90 Å². The van der Waals surface area contributed by atoms with Crippen LogP contribution in [0.5, 0.6) is 5.75 Å². The molecule has 10 heteroatoms. The molecule has 3 aromatic carbocycles. The normalized spacial score (nSPS) is 18.7. The lowest BCUT2D eigenvalue weighted by Crippen LogP contribution is -2.36. The number of carbonyl (C=O) groups is 1. The van der Waals surface area contributed by atoms with Gasteiger partial charge in [0, 0.05) is 33.0 Å². The van der Waals surface area contributed by atoms with Gasteiger partial charge in [0.2, 0.25) is 10.0 Å². The average molecular weight is 583 g/mol. The Morgan fingerprint density at radius 2 is 1.94 bits per heavy atom. The zero-order chi connectivity index (χ0) is 22.9. The number of rotatable bonds is 6. The maximum Gasteiger partial charge on any atom is 0.409 e. The molecule has 0 spiro atoms. The molecule has 168 valence electrons. The molecule has 0 aromatic heterocycles. The summed E-state index contributed by atoms with van der Waals surface area (Å²) in [5.41, 5.74) is 6.13. The van der Waals surface area contributed by atoms with Crippen LogP contribution in [0, 0.1) is 0 Å². The van der Waals surface area contributed by atoms with E-state index in [9.17, 15) is 13.2 Å². The molecule has 0 aliphatic carbocycles. The lowest BCUT2D eigenvalue weighted by Gasteiger charge is -2.16. The van der Waals surface area contributed by atoms with Crippen molar-refractivity contribution < 1.29 is 17.9 Å². The Labute approximate surface area is 203 Å². The lowest BCUT2D eigenvalue weighted by molar-refractivity contribution is 0.211. The van der Waals surface area contributed by atoms with E-state index >= 15 is 0 Å². The lowest BCUT2D eigenvalue weighted by atomic mass is 9.99. The molecule has 1 aliphatic rings. The van der Waals surface area contributed by atoms with Gasteiger partial charge in [-0.05, 0) is 57.9 Å². The number of hydrogen-bond acceptors (Lipinski definition) is 5. The van der Waals surface area contributed by atoms with Gasteiger partial charge in [0.15, 0.2) is 0 Å². The second-order valence-electron chi connectivity index (χ2n) is 7.63. The first-order chi connectivity index (χ1) is 15.2.